The zero-order valence-electron chi connectivity index (χ0n) is 8.10. The van der Waals surface area contributed by atoms with Gasteiger partial charge >= 0.3 is 29.2 Å². The zero-order chi connectivity index (χ0) is 10.2. The first-order valence-electron chi connectivity index (χ1n) is 5.30. The summed E-state index contributed by atoms with van der Waals surface area (Å²) in [7, 11) is 4.58. The fourth-order valence-corrected chi connectivity index (χ4v) is 4.20. The molecule has 0 aromatic rings. The summed E-state index contributed by atoms with van der Waals surface area (Å²) in [5.41, 5.74) is 0.134. The van der Waals surface area contributed by atoms with Crippen LogP contribution in [-0.2, 0) is 20.0 Å². The standard InChI is InChI=1S/C11H15N.Au.ClH/c1-12-11-5-8-2-9(6-11)4-10(3-8)7-11;;/h8-10H,2-7H2;;1H/q;+1;/p-1. The topological polar surface area (TPSA) is 4.36 Å². The molecule has 82 valence electrons. The second kappa shape index (κ2) is 4.18. The van der Waals surface area contributed by atoms with Gasteiger partial charge in [-0.2, -0.15) is 0 Å². The van der Waals surface area contributed by atoms with E-state index in [0.29, 0.717) is 0 Å². The summed E-state index contributed by atoms with van der Waals surface area (Å²) < 4.78 is 0. The van der Waals surface area contributed by atoms with Crippen molar-refractivity contribution in [3.63, 3.8) is 0 Å². The second-order valence-corrected chi connectivity index (χ2v) is 5.25. The molecule has 0 N–H and O–H groups in total. The molecular formula is C11H15AuClN. The van der Waals surface area contributed by atoms with Gasteiger partial charge in [-0.3, -0.25) is 0 Å². The average molecular weight is 394 g/mol. The summed E-state index contributed by atoms with van der Waals surface area (Å²) >= 11 is 1.75. The van der Waals surface area contributed by atoms with Gasteiger partial charge in [-0.15, -0.1) is 0 Å². The molecule has 0 heterocycles. The molecule has 4 fully saturated rings. The Morgan fingerprint density at radius 3 is 1.64 bits per heavy atom. The molecule has 14 heavy (non-hydrogen) atoms. The zero-order valence-corrected chi connectivity index (χ0v) is 11.0. The predicted octanol–water partition coefficient (Wildman–Crippen LogP) is 3.56. The van der Waals surface area contributed by atoms with Crippen molar-refractivity contribution in [2.45, 2.75) is 44.1 Å². The van der Waals surface area contributed by atoms with Gasteiger partial charge in [0.25, 0.3) is 0 Å². The van der Waals surface area contributed by atoms with Crippen molar-refractivity contribution in [1.82, 2.24) is 0 Å². The monoisotopic (exact) mass is 393 g/mol. The van der Waals surface area contributed by atoms with Crippen LogP contribution in [0.3, 0.4) is 0 Å². The van der Waals surface area contributed by atoms with E-state index in [1.165, 1.54) is 38.5 Å². The van der Waals surface area contributed by atoms with Gasteiger partial charge in [0, 0.05) is 19.3 Å². The van der Waals surface area contributed by atoms with E-state index in [2.05, 4.69) is 14.0 Å². The molecule has 0 saturated heterocycles. The van der Waals surface area contributed by atoms with Crippen LogP contribution in [0.2, 0.25) is 0 Å². The SMILES string of the molecule is [C-]#[N+]C12CC3CC(CC(C3)C1)C2.[Cl][Au]. The van der Waals surface area contributed by atoms with E-state index in [1.807, 2.05) is 0 Å². The van der Waals surface area contributed by atoms with Gasteiger partial charge in [0.2, 0.25) is 5.54 Å². The molecule has 0 aromatic carbocycles. The van der Waals surface area contributed by atoms with Gasteiger partial charge in [-0.05, 0) is 37.0 Å². The molecule has 0 spiro atoms. The van der Waals surface area contributed by atoms with Crippen LogP contribution >= 0.6 is 9.19 Å². The Bertz CT molecular complexity index is 223. The molecular weight excluding hydrogens is 379 g/mol. The molecule has 0 aliphatic heterocycles. The molecule has 0 radical (unpaired) electrons. The van der Waals surface area contributed by atoms with Crippen molar-refractivity contribution in [3.8, 4) is 0 Å². The first kappa shape index (κ1) is 11.0. The van der Waals surface area contributed by atoms with E-state index < -0.39 is 0 Å². The number of nitrogens with zero attached hydrogens (tertiary/aromatic N) is 1. The van der Waals surface area contributed by atoms with E-state index in [9.17, 15) is 0 Å². The van der Waals surface area contributed by atoms with E-state index >= 15 is 0 Å². The Morgan fingerprint density at radius 2 is 1.36 bits per heavy atom. The van der Waals surface area contributed by atoms with Crippen molar-refractivity contribution in [1.29, 1.82) is 0 Å². The molecule has 4 rings (SSSR count). The van der Waals surface area contributed by atoms with E-state index in [1.54, 1.807) is 20.0 Å². The van der Waals surface area contributed by atoms with E-state index in [0.717, 1.165) is 17.8 Å². The normalized spacial score (nSPS) is 48.0. The maximum atomic E-state index is 7.30. The molecule has 3 heteroatoms. The van der Waals surface area contributed by atoms with Gasteiger partial charge in [0.1, 0.15) is 0 Å². The van der Waals surface area contributed by atoms with Crippen molar-refractivity contribution in [3.05, 3.63) is 11.4 Å². The fraction of sp³-hybridized carbons (Fsp3) is 0.909. The molecule has 1 nitrogen and oxygen atoms in total. The number of hydrogen-bond acceptors (Lipinski definition) is 0. The quantitative estimate of drug-likeness (QED) is 0.438. The molecule has 4 aliphatic carbocycles. The molecule has 4 aliphatic rings. The summed E-state index contributed by atoms with van der Waals surface area (Å²) in [5, 5.41) is 0. The molecule has 0 amide bonds. The van der Waals surface area contributed by atoms with Crippen molar-refractivity contribution in [2.75, 3.05) is 0 Å². The summed E-state index contributed by atoms with van der Waals surface area (Å²) in [5.74, 6) is 2.81. The molecule has 0 unspecified atom stereocenters. The third-order valence-electron chi connectivity index (χ3n) is 4.24. The van der Waals surface area contributed by atoms with Crippen molar-refractivity contribution < 1.29 is 20.0 Å². The van der Waals surface area contributed by atoms with Crippen LogP contribution in [0.5, 0.6) is 0 Å². The Labute approximate surface area is 102 Å². The Hall–Kier alpha value is 0.520. The van der Waals surface area contributed by atoms with Gasteiger partial charge in [0.15, 0.2) is 0 Å². The van der Waals surface area contributed by atoms with Crippen molar-refractivity contribution in [2.24, 2.45) is 17.8 Å². The Kier molecular flexibility index (Phi) is 3.29. The fourth-order valence-electron chi connectivity index (χ4n) is 4.20. The van der Waals surface area contributed by atoms with Crippen LogP contribution < -0.4 is 0 Å². The van der Waals surface area contributed by atoms with Gasteiger partial charge in [-0.1, -0.05) is 0 Å². The Balaban J connectivity index is 0.000000354. The third kappa shape index (κ3) is 1.78. The van der Waals surface area contributed by atoms with Crippen LogP contribution in [0, 0.1) is 24.3 Å². The average Bonchev–Trinajstić information content (AvgIpc) is 2.19. The van der Waals surface area contributed by atoms with E-state index in [-0.39, 0.29) is 5.54 Å². The summed E-state index contributed by atoms with van der Waals surface area (Å²) in [4.78, 5) is 3.93. The van der Waals surface area contributed by atoms with Crippen LogP contribution in [0.15, 0.2) is 0 Å². The number of halogens is 1. The van der Waals surface area contributed by atoms with Crippen LogP contribution in [-0.4, -0.2) is 5.54 Å². The molecule has 4 saturated carbocycles. The predicted molar refractivity (Wildman–Crippen MR) is 53.4 cm³/mol. The summed E-state index contributed by atoms with van der Waals surface area (Å²) in [6, 6.07) is 0. The second-order valence-electron chi connectivity index (χ2n) is 5.25. The van der Waals surface area contributed by atoms with Crippen LogP contribution in [0.1, 0.15) is 38.5 Å². The minimum atomic E-state index is 0.134. The van der Waals surface area contributed by atoms with Gasteiger partial charge in [-0.25, -0.2) is 6.57 Å². The van der Waals surface area contributed by atoms with Crippen molar-refractivity contribution >= 4 is 9.19 Å². The van der Waals surface area contributed by atoms with Crippen LogP contribution in [0.25, 0.3) is 4.85 Å². The van der Waals surface area contributed by atoms with Gasteiger partial charge in [0.05, 0.1) is 0 Å². The number of hydrogen-bond donors (Lipinski definition) is 0. The maximum absolute atomic E-state index is 7.30. The summed E-state index contributed by atoms with van der Waals surface area (Å²) in [6.45, 7) is 7.30. The molecule has 0 atom stereocenters. The number of rotatable bonds is 0. The van der Waals surface area contributed by atoms with Crippen LogP contribution in [0.4, 0.5) is 0 Å². The first-order chi connectivity index (χ1) is 6.80. The third-order valence-corrected chi connectivity index (χ3v) is 4.24. The Morgan fingerprint density at radius 1 is 1.00 bits per heavy atom. The molecule has 0 aromatic heterocycles. The first-order valence-corrected chi connectivity index (χ1v) is 7.98. The van der Waals surface area contributed by atoms with Gasteiger partial charge < -0.3 is 4.85 Å². The molecule has 4 bridgehead atoms. The van der Waals surface area contributed by atoms with E-state index in [4.69, 9.17) is 6.57 Å². The summed E-state index contributed by atoms with van der Waals surface area (Å²) in [6.07, 6.45) is 8.08. The minimum absolute atomic E-state index is 0.134.